The van der Waals surface area contributed by atoms with Gasteiger partial charge in [-0.1, -0.05) is 13.8 Å². The number of rotatable bonds is 2. The first-order valence-corrected chi connectivity index (χ1v) is 8.25. The molecule has 0 radical (unpaired) electrons. The summed E-state index contributed by atoms with van der Waals surface area (Å²) in [4.78, 5) is 2.90. The van der Waals surface area contributed by atoms with Gasteiger partial charge in [-0.3, -0.25) is 4.90 Å². The smallest absolute Gasteiger partial charge is 0.0252 e. The summed E-state index contributed by atoms with van der Waals surface area (Å²) < 4.78 is 0. The molecule has 0 bridgehead atoms. The second-order valence-electron chi connectivity index (χ2n) is 7.11. The van der Waals surface area contributed by atoms with Gasteiger partial charge in [-0.15, -0.1) is 0 Å². The number of nitrogens with zero attached hydrogens (tertiary/aromatic N) is 1. The van der Waals surface area contributed by atoms with Gasteiger partial charge in [0.25, 0.3) is 0 Å². The van der Waals surface area contributed by atoms with Crippen LogP contribution in [0.2, 0.25) is 0 Å². The van der Waals surface area contributed by atoms with Crippen molar-refractivity contribution in [3.05, 3.63) is 0 Å². The van der Waals surface area contributed by atoms with Gasteiger partial charge in [-0.05, 0) is 69.9 Å². The summed E-state index contributed by atoms with van der Waals surface area (Å²) in [6.07, 6.45) is 10.0. The number of hydrogen-bond acceptors (Lipinski definition) is 2. The van der Waals surface area contributed by atoms with E-state index in [1.807, 2.05) is 0 Å². The molecule has 3 aliphatic rings. The van der Waals surface area contributed by atoms with Crippen LogP contribution in [0, 0.1) is 11.8 Å². The third-order valence-electron chi connectivity index (χ3n) is 5.72. The van der Waals surface area contributed by atoms with Crippen LogP contribution >= 0.6 is 0 Å². The van der Waals surface area contributed by atoms with Gasteiger partial charge < -0.3 is 5.32 Å². The monoisotopic (exact) mass is 250 g/mol. The number of nitrogens with one attached hydrogen (secondary N) is 1. The van der Waals surface area contributed by atoms with Crippen LogP contribution in [-0.2, 0) is 0 Å². The van der Waals surface area contributed by atoms with E-state index in [4.69, 9.17) is 0 Å². The lowest BCUT2D eigenvalue weighted by atomic mass is 9.78. The molecule has 1 N–H and O–H groups in total. The van der Waals surface area contributed by atoms with E-state index >= 15 is 0 Å². The molecule has 0 spiro atoms. The lowest BCUT2D eigenvalue weighted by molar-refractivity contribution is 0.0707. The topological polar surface area (TPSA) is 15.3 Å². The van der Waals surface area contributed by atoms with Gasteiger partial charge >= 0.3 is 0 Å². The van der Waals surface area contributed by atoms with Gasteiger partial charge in [0.05, 0.1) is 0 Å². The molecule has 2 aliphatic heterocycles. The zero-order chi connectivity index (χ0) is 12.5. The molecule has 0 aromatic carbocycles. The van der Waals surface area contributed by atoms with Crippen molar-refractivity contribution in [1.82, 2.24) is 10.2 Å². The zero-order valence-corrected chi connectivity index (χ0v) is 12.2. The first kappa shape index (κ1) is 12.9. The molecule has 5 unspecified atom stereocenters. The summed E-state index contributed by atoms with van der Waals surface area (Å²) in [7, 11) is 0. The Hall–Kier alpha value is -0.0800. The van der Waals surface area contributed by atoms with E-state index in [0.29, 0.717) is 0 Å². The van der Waals surface area contributed by atoms with Crippen LogP contribution in [0.5, 0.6) is 0 Å². The summed E-state index contributed by atoms with van der Waals surface area (Å²) in [6, 6.07) is 2.54. The average Bonchev–Trinajstić information content (AvgIpc) is 2.98. The summed E-state index contributed by atoms with van der Waals surface area (Å²) in [5.41, 5.74) is 0. The maximum absolute atomic E-state index is 3.75. The molecule has 0 aromatic heterocycles. The molecule has 1 saturated carbocycles. The summed E-state index contributed by atoms with van der Waals surface area (Å²) in [6.45, 7) is 7.56. The Morgan fingerprint density at radius 1 is 0.944 bits per heavy atom. The Balaban J connectivity index is 1.66. The van der Waals surface area contributed by atoms with Crippen molar-refractivity contribution in [1.29, 1.82) is 0 Å². The molecule has 5 atom stereocenters. The molecule has 3 rings (SSSR count). The van der Waals surface area contributed by atoms with E-state index in [9.17, 15) is 0 Å². The van der Waals surface area contributed by atoms with Gasteiger partial charge in [-0.25, -0.2) is 0 Å². The molecule has 2 saturated heterocycles. The van der Waals surface area contributed by atoms with E-state index in [1.165, 1.54) is 58.0 Å². The molecule has 0 amide bonds. The maximum Gasteiger partial charge on any atom is 0.0252 e. The highest BCUT2D eigenvalue weighted by Gasteiger charge is 2.39. The van der Waals surface area contributed by atoms with Gasteiger partial charge in [0.1, 0.15) is 0 Å². The van der Waals surface area contributed by atoms with Gasteiger partial charge in [0.2, 0.25) is 0 Å². The summed E-state index contributed by atoms with van der Waals surface area (Å²) in [5.74, 6) is 1.87. The van der Waals surface area contributed by atoms with Gasteiger partial charge in [0.15, 0.2) is 0 Å². The van der Waals surface area contributed by atoms with Crippen LogP contribution in [0.25, 0.3) is 0 Å². The Morgan fingerprint density at radius 2 is 1.83 bits per heavy atom. The van der Waals surface area contributed by atoms with Crippen LogP contribution in [0.1, 0.15) is 58.8 Å². The molecule has 2 heterocycles. The van der Waals surface area contributed by atoms with Gasteiger partial charge in [0, 0.05) is 18.1 Å². The Morgan fingerprint density at radius 3 is 2.56 bits per heavy atom. The van der Waals surface area contributed by atoms with Crippen molar-refractivity contribution in [2.45, 2.75) is 76.9 Å². The van der Waals surface area contributed by atoms with E-state index < -0.39 is 0 Å². The lowest BCUT2D eigenvalue weighted by Crippen LogP contribution is -2.51. The highest BCUT2D eigenvalue weighted by molar-refractivity contribution is 4.96. The van der Waals surface area contributed by atoms with Crippen molar-refractivity contribution < 1.29 is 0 Å². The molecule has 0 aromatic rings. The fraction of sp³-hybridized carbons (Fsp3) is 1.00. The minimum absolute atomic E-state index is 0.805. The Labute approximate surface area is 113 Å². The van der Waals surface area contributed by atoms with Crippen LogP contribution in [-0.4, -0.2) is 36.1 Å². The Bertz CT molecular complexity index is 272. The molecule has 2 heteroatoms. The number of hydrogen-bond donors (Lipinski definition) is 1. The van der Waals surface area contributed by atoms with Crippen molar-refractivity contribution in [2.75, 3.05) is 13.1 Å². The van der Waals surface area contributed by atoms with Crippen molar-refractivity contribution in [3.63, 3.8) is 0 Å². The largest absolute Gasteiger partial charge is 0.312 e. The average molecular weight is 250 g/mol. The standard InChI is InChI=1S/C16H30N2/c1-12-7-8-15(13(2)11-12)18-10-4-6-16(18)14-5-3-9-17-14/h12-17H,3-11H2,1-2H3. The van der Waals surface area contributed by atoms with Crippen LogP contribution in [0.15, 0.2) is 0 Å². The van der Waals surface area contributed by atoms with E-state index in [-0.39, 0.29) is 0 Å². The van der Waals surface area contributed by atoms with Crippen molar-refractivity contribution >= 4 is 0 Å². The second-order valence-corrected chi connectivity index (χ2v) is 7.11. The summed E-state index contributed by atoms with van der Waals surface area (Å²) >= 11 is 0. The normalized spacial score (nSPS) is 46.7. The summed E-state index contributed by atoms with van der Waals surface area (Å²) in [5, 5.41) is 3.75. The molecule has 1 aliphatic carbocycles. The van der Waals surface area contributed by atoms with Crippen molar-refractivity contribution in [3.8, 4) is 0 Å². The quantitative estimate of drug-likeness (QED) is 0.810. The SMILES string of the molecule is CC1CCC(N2CCCC2C2CCCN2)C(C)C1. The zero-order valence-electron chi connectivity index (χ0n) is 12.2. The number of likely N-dealkylation sites (tertiary alicyclic amines) is 1. The van der Waals surface area contributed by atoms with Crippen LogP contribution < -0.4 is 5.32 Å². The lowest BCUT2D eigenvalue weighted by Gasteiger charge is -2.43. The molecule has 2 nitrogen and oxygen atoms in total. The van der Waals surface area contributed by atoms with Crippen molar-refractivity contribution in [2.24, 2.45) is 11.8 Å². The third-order valence-corrected chi connectivity index (χ3v) is 5.72. The van der Waals surface area contributed by atoms with E-state index in [0.717, 1.165) is 30.0 Å². The predicted octanol–water partition coefficient (Wildman–Crippen LogP) is 3.03. The first-order valence-electron chi connectivity index (χ1n) is 8.25. The third kappa shape index (κ3) is 2.46. The predicted molar refractivity (Wildman–Crippen MR) is 76.7 cm³/mol. The highest BCUT2D eigenvalue weighted by atomic mass is 15.2. The minimum Gasteiger partial charge on any atom is -0.312 e. The fourth-order valence-electron chi connectivity index (χ4n) is 4.84. The van der Waals surface area contributed by atoms with E-state index in [2.05, 4.69) is 24.1 Å². The molecule has 3 fully saturated rings. The molecule has 104 valence electrons. The maximum atomic E-state index is 3.75. The minimum atomic E-state index is 0.805. The molecule has 18 heavy (non-hydrogen) atoms. The van der Waals surface area contributed by atoms with Crippen LogP contribution in [0.4, 0.5) is 0 Å². The van der Waals surface area contributed by atoms with Gasteiger partial charge in [-0.2, -0.15) is 0 Å². The van der Waals surface area contributed by atoms with E-state index in [1.54, 1.807) is 0 Å². The molecular weight excluding hydrogens is 220 g/mol. The fourth-order valence-corrected chi connectivity index (χ4v) is 4.84. The second kappa shape index (κ2) is 5.50. The Kier molecular flexibility index (Phi) is 3.95. The highest BCUT2D eigenvalue weighted by Crippen LogP contribution is 2.37. The van der Waals surface area contributed by atoms with Crippen LogP contribution in [0.3, 0.4) is 0 Å². The first-order chi connectivity index (χ1) is 8.75. The molecular formula is C16H30N2.